The molecule has 3 aromatic rings. The minimum absolute atomic E-state index is 0.160. The molecule has 124 valence electrons. The van der Waals surface area contributed by atoms with Crippen LogP contribution in [-0.2, 0) is 13.6 Å². The highest BCUT2D eigenvalue weighted by atomic mass is 16.5. The summed E-state index contributed by atoms with van der Waals surface area (Å²) >= 11 is 0. The van der Waals surface area contributed by atoms with Crippen LogP contribution in [0.5, 0.6) is 11.5 Å². The monoisotopic (exact) mass is 324 g/mol. The van der Waals surface area contributed by atoms with Crippen LogP contribution in [0, 0.1) is 0 Å². The van der Waals surface area contributed by atoms with Gasteiger partial charge in [0.15, 0.2) is 0 Å². The van der Waals surface area contributed by atoms with Crippen LogP contribution in [0.15, 0.2) is 48.7 Å². The van der Waals surface area contributed by atoms with Crippen molar-refractivity contribution in [1.82, 2.24) is 9.88 Å². The third kappa shape index (κ3) is 2.93. The average Bonchev–Trinajstić information content (AvgIpc) is 2.94. The molecule has 1 N–H and O–H groups in total. The standard InChI is InChI=1S/C19H20N2O3/c1-21-12-13(16-10-14(23-2)8-9-17(16)21)11-20-19(22)15-6-4-5-7-18(15)24-3/h4-10,12H,11H2,1-3H3,(H,20,22). The van der Waals surface area contributed by atoms with Crippen molar-refractivity contribution in [3.8, 4) is 11.5 Å². The van der Waals surface area contributed by atoms with E-state index in [1.165, 1.54) is 0 Å². The van der Waals surface area contributed by atoms with E-state index < -0.39 is 0 Å². The average molecular weight is 324 g/mol. The molecule has 1 heterocycles. The maximum Gasteiger partial charge on any atom is 0.255 e. The second kappa shape index (κ2) is 6.66. The zero-order valence-corrected chi connectivity index (χ0v) is 14.0. The lowest BCUT2D eigenvalue weighted by atomic mass is 10.1. The fraction of sp³-hybridized carbons (Fsp3) is 0.211. The summed E-state index contributed by atoms with van der Waals surface area (Å²) in [5.74, 6) is 1.20. The van der Waals surface area contributed by atoms with Gasteiger partial charge < -0.3 is 19.4 Å². The maximum absolute atomic E-state index is 12.4. The lowest BCUT2D eigenvalue weighted by Crippen LogP contribution is -2.23. The van der Waals surface area contributed by atoms with Gasteiger partial charge in [-0.25, -0.2) is 0 Å². The lowest BCUT2D eigenvalue weighted by Gasteiger charge is -2.09. The number of hydrogen-bond acceptors (Lipinski definition) is 3. The molecule has 0 bridgehead atoms. The normalized spacial score (nSPS) is 10.6. The quantitative estimate of drug-likeness (QED) is 0.784. The van der Waals surface area contributed by atoms with Crippen molar-refractivity contribution in [3.63, 3.8) is 0 Å². The number of amides is 1. The van der Waals surface area contributed by atoms with Crippen LogP contribution in [0.1, 0.15) is 15.9 Å². The Morgan fingerprint density at radius 1 is 1.12 bits per heavy atom. The molecule has 24 heavy (non-hydrogen) atoms. The number of carbonyl (C=O) groups is 1. The largest absolute Gasteiger partial charge is 0.497 e. The Bertz CT molecular complexity index is 883. The van der Waals surface area contributed by atoms with E-state index in [2.05, 4.69) is 5.32 Å². The van der Waals surface area contributed by atoms with Crippen molar-refractivity contribution < 1.29 is 14.3 Å². The van der Waals surface area contributed by atoms with Crippen LogP contribution in [-0.4, -0.2) is 24.7 Å². The smallest absolute Gasteiger partial charge is 0.255 e. The number of hydrogen-bond donors (Lipinski definition) is 1. The SMILES string of the molecule is COc1ccc2c(c1)c(CNC(=O)c1ccccc1OC)cn2C. The molecule has 1 aromatic heterocycles. The molecule has 0 aliphatic carbocycles. The first kappa shape index (κ1) is 15.9. The van der Waals surface area contributed by atoms with Gasteiger partial charge in [-0.1, -0.05) is 12.1 Å². The van der Waals surface area contributed by atoms with Gasteiger partial charge in [-0.15, -0.1) is 0 Å². The second-order valence-electron chi connectivity index (χ2n) is 5.53. The molecule has 5 nitrogen and oxygen atoms in total. The van der Waals surface area contributed by atoms with Crippen molar-refractivity contribution in [2.24, 2.45) is 7.05 Å². The number of nitrogens with one attached hydrogen (secondary N) is 1. The number of rotatable bonds is 5. The summed E-state index contributed by atoms with van der Waals surface area (Å²) in [4.78, 5) is 12.4. The molecule has 0 spiro atoms. The van der Waals surface area contributed by atoms with Gasteiger partial charge in [0, 0.05) is 30.7 Å². The van der Waals surface area contributed by atoms with E-state index in [0.717, 1.165) is 22.2 Å². The van der Waals surface area contributed by atoms with E-state index in [1.807, 2.05) is 48.1 Å². The van der Waals surface area contributed by atoms with Crippen LogP contribution in [0.4, 0.5) is 0 Å². The summed E-state index contributed by atoms with van der Waals surface area (Å²) < 4.78 is 12.6. The first-order valence-corrected chi connectivity index (χ1v) is 7.67. The van der Waals surface area contributed by atoms with Crippen molar-refractivity contribution >= 4 is 16.8 Å². The number of carbonyl (C=O) groups excluding carboxylic acids is 1. The third-order valence-electron chi connectivity index (χ3n) is 4.07. The van der Waals surface area contributed by atoms with Crippen LogP contribution in [0.25, 0.3) is 10.9 Å². The predicted octanol–water partition coefficient (Wildman–Crippen LogP) is 3.13. The Balaban J connectivity index is 1.84. The molecule has 5 heteroatoms. The number of fused-ring (bicyclic) bond motifs is 1. The highest BCUT2D eigenvalue weighted by molar-refractivity contribution is 5.97. The Labute approximate surface area is 140 Å². The van der Waals surface area contributed by atoms with Gasteiger partial charge in [0.05, 0.1) is 19.8 Å². The molecular formula is C19H20N2O3. The number of aromatic nitrogens is 1. The van der Waals surface area contributed by atoms with E-state index in [0.29, 0.717) is 17.9 Å². The summed E-state index contributed by atoms with van der Waals surface area (Å²) in [5, 5.41) is 4.03. The van der Waals surface area contributed by atoms with Crippen molar-refractivity contribution in [3.05, 3.63) is 59.8 Å². The molecule has 0 atom stereocenters. The predicted molar refractivity (Wildman–Crippen MR) is 93.6 cm³/mol. The summed E-state index contributed by atoms with van der Waals surface area (Å²) in [6.07, 6.45) is 2.02. The fourth-order valence-corrected chi connectivity index (χ4v) is 2.82. The molecule has 0 aliphatic heterocycles. The molecule has 0 radical (unpaired) electrons. The fourth-order valence-electron chi connectivity index (χ4n) is 2.82. The van der Waals surface area contributed by atoms with E-state index in [1.54, 1.807) is 26.4 Å². The highest BCUT2D eigenvalue weighted by Crippen LogP contribution is 2.25. The van der Waals surface area contributed by atoms with E-state index in [-0.39, 0.29) is 5.91 Å². The van der Waals surface area contributed by atoms with Gasteiger partial charge in [0.25, 0.3) is 5.91 Å². The van der Waals surface area contributed by atoms with Crippen LogP contribution in [0.3, 0.4) is 0 Å². The maximum atomic E-state index is 12.4. The topological polar surface area (TPSA) is 52.5 Å². The van der Waals surface area contributed by atoms with Crippen molar-refractivity contribution in [2.75, 3.05) is 14.2 Å². The molecular weight excluding hydrogens is 304 g/mol. The lowest BCUT2D eigenvalue weighted by molar-refractivity contribution is 0.0948. The zero-order chi connectivity index (χ0) is 17.1. The molecule has 0 fully saturated rings. The number of para-hydroxylation sites is 1. The van der Waals surface area contributed by atoms with Gasteiger partial charge in [0.2, 0.25) is 0 Å². The van der Waals surface area contributed by atoms with Crippen LogP contribution >= 0.6 is 0 Å². The number of methoxy groups -OCH3 is 2. The third-order valence-corrected chi connectivity index (χ3v) is 4.07. The van der Waals surface area contributed by atoms with Crippen LogP contribution in [0.2, 0.25) is 0 Å². The van der Waals surface area contributed by atoms with Gasteiger partial charge in [0.1, 0.15) is 11.5 Å². The molecule has 0 unspecified atom stereocenters. The minimum Gasteiger partial charge on any atom is -0.497 e. The summed E-state index contributed by atoms with van der Waals surface area (Å²) in [6.45, 7) is 0.432. The van der Waals surface area contributed by atoms with Crippen molar-refractivity contribution in [2.45, 2.75) is 6.54 Å². The number of aryl methyl sites for hydroxylation is 1. The summed E-state index contributed by atoms with van der Waals surface area (Å²) in [6, 6.07) is 13.1. The Morgan fingerprint density at radius 2 is 1.92 bits per heavy atom. The van der Waals surface area contributed by atoms with Crippen molar-refractivity contribution in [1.29, 1.82) is 0 Å². The zero-order valence-electron chi connectivity index (χ0n) is 14.0. The summed E-state index contributed by atoms with van der Waals surface area (Å²) in [5.41, 5.74) is 2.66. The second-order valence-corrected chi connectivity index (χ2v) is 5.53. The molecule has 0 saturated heterocycles. The van der Waals surface area contributed by atoms with E-state index in [9.17, 15) is 4.79 Å². The molecule has 2 aromatic carbocycles. The van der Waals surface area contributed by atoms with Gasteiger partial charge in [-0.05, 0) is 35.9 Å². The van der Waals surface area contributed by atoms with E-state index >= 15 is 0 Å². The molecule has 1 amide bonds. The minimum atomic E-state index is -0.160. The first-order chi connectivity index (χ1) is 11.6. The summed E-state index contributed by atoms with van der Waals surface area (Å²) in [7, 11) is 5.19. The van der Waals surface area contributed by atoms with Gasteiger partial charge in [-0.3, -0.25) is 4.79 Å². The number of nitrogens with zero attached hydrogens (tertiary/aromatic N) is 1. The Kier molecular flexibility index (Phi) is 4.42. The van der Waals surface area contributed by atoms with Gasteiger partial charge in [-0.2, -0.15) is 0 Å². The highest BCUT2D eigenvalue weighted by Gasteiger charge is 2.13. The van der Waals surface area contributed by atoms with E-state index in [4.69, 9.17) is 9.47 Å². The first-order valence-electron chi connectivity index (χ1n) is 7.67. The molecule has 0 saturated carbocycles. The number of benzene rings is 2. The number of ether oxygens (including phenoxy) is 2. The van der Waals surface area contributed by atoms with Gasteiger partial charge >= 0.3 is 0 Å². The molecule has 3 rings (SSSR count). The molecule has 0 aliphatic rings. The van der Waals surface area contributed by atoms with Crippen LogP contribution < -0.4 is 14.8 Å². The Hall–Kier alpha value is -2.95. The Morgan fingerprint density at radius 3 is 2.67 bits per heavy atom.